The Hall–Kier alpha value is -3.53. The van der Waals surface area contributed by atoms with Crippen molar-refractivity contribution < 1.29 is 19.4 Å². The number of nitrogens with two attached hydrogens (primary N) is 1. The lowest BCUT2D eigenvalue weighted by Gasteiger charge is -2.20. The molecular formula is C19H21N5O5. The minimum atomic E-state index is -1.93. The molecule has 29 heavy (non-hydrogen) atoms. The smallest absolute Gasteiger partial charge is 0.338 e. The van der Waals surface area contributed by atoms with Crippen LogP contribution in [0.4, 0.5) is 5.95 Å². The van der Waals surface area contributed by atoms with Crippen LogP contribution in [0.2, 0.25) is 0 Å². The van der Waals surface area contributed by atoms with Crippen molar-refractivity contribution in [3.05, 3.63) is 51.9 Å². The first kappa shape index (κ1) is 20.2. The van der Waals surface area contributed by atoms with Gasteiger partial charge in [0.05, 0.1) is 6.61 Å². The van der Waals surface area contributed by atoms with Crippen molar-refractivity contribution in [2.24, 2.45) is 0 Å². The van der Waals surface area contributed by atoms with Gasteiger partial charge in [-0.05, 0) is 19.4 Å². The number of fused-ring (bicyclic) bond motifs is 1. The van der Waals surface area contributed by atoms with Gasteiger partial charge in [-0.2, -0.15) is 9.97 Å². The summed E-state index contributed by atoms with van der Waals surface area (Å²) in [6.07, 6.45) is -0.361. The molecule has 0 spiro atoms. The average Bonchev–Trinajstić information content (AvgIpc) is 2.68. The summed E-state index contributed by atoms with van der Waals surface area (Å²) in [6, 6.07) is 9.39. The van der Waals surface area contributed by atoms with Gasteiger partial charge in [0.1, 0.15) is 12.3 Å². The van der Waals surface area contributed by atoms with E-state index >= 15 is 0 Å². The summed E-state index contributed by atoms with van der Waals surface area (Å²) >= 11 is 0. The minimum Gasteiger partial charge on any atom is -0.471 e. The van der Waals surface area contributed by atoms with Crippen LogP contribution in [-0.2, 0) is 22.6 Å². The topological polar surface area (TPSA) is 153 Å². The molecule has 1 unspecified atom stereocenters. The zero-order valence-electron chi connectivity index (χ0n) is 16.0. The van der Waals surface area contributed by atoms with Crippen molar-refractivity contribution in [3.63, 3.8) is 0 Å². The average molecular weight is 399 g/mol. The van der Waals surface area contributed by atoms with Crippen molar-refractivity contribution >= 4 is 23.1 Å². The van der Waals surface area contributed by atoms with Gasteiger partial charge in [0.15, 0.2) is 16.8 Å². The highest BCUT2D eigenvalue weighted by Gasteiger charge is 2.34. The number of H-pyrrole nitrogens is 1. The van der Waals surface area contributed by atoms with E-state index < -0.39 is 17.1 Å². The third kappa shape index (κ3) is 4.66. The lowest BCUT2D eigenvalue weighted by atomic mass is 10.0. The maximum absolute atomic E-state index is 12.4. The van der Waals surface area contributed by atoms with Crippen LogP contribution in [0.3, 0.4) is 0 Å². The van der Waals surface area contributed by atoms with Gasteiger partial charge >= 0.3 is 5.97 Å². The van der Waals surface area contributed by atoms with E-state index in [-0.39, 0.29) is 48.3 Å². The van der Waals surface area contributed by atoms with Gasteiger partial charge in [-0.25, -0.2) is 9.78 Å². The van der Waals surface area contributed by atoms with Crippen molar-refractivity contribution in [1.29, 1.82) is 0 Å². The van der Waals surface area contributed by atoms with Crippen molar-refractivity contribution in [1.82, 2.24) is 19.9 Å². The van der Waals surface area contributed by atoms with Crippen LogP contribution in [0, 0.1) is 0 Å². The van der Waals surface area contributed by atoms with Crippen molar-refractivity contribution in [2.45, 2.75) is 32.5 Å². The minimum absolute atomic E-state index is 0.0737. The molecular weight excluding hydrogens is 378 g/mol. The second-order valence-electron chi connectivity index (χ2n) is 6.54. The van der Waals surface area contributed by atoms with Crippen LogP contribution in [0.25, 0.3) is 11.2 Å². The number of nitrogens with zero attached hydrogens (tertiary/aromatic N) is 3. The standard InChI is InChI=1S/C19H21N5O5/c1-3-28-17(26)19(2,27)9-12-15(25)22-14-13(21-12)16(24-18(20)23-14)29-10-11-7-5-4-6-8-11/h4-8,27H,3,9-10H2,1-2H3,(H3,20,22,23,24,25). The Morgan fingerprint density at radius 3 is 2.66 bits per heavy atom. The molecule has 0 fully saturated rings. The Kier molecular flexibility index (Phi) is 5.74. The van der Waals surface area contributed by atoms with E-state index in [9.17, 15) is 14.7 Å². The van der Waals surface area contributed by atoms with Crippen molar-refractivity contribution in [2.75, 3.05) is 12.3 Å². The maximum atomic E-state index is 12.4. The Morgan fingerprint density at radius 1 is 1.24 bits per heavy atom. The SMILES string of the molecule is CCOC(=O)C(C)(O)Cc1nc2c(OCc3ccccc3)nc(N)nc2[nH]c1=O. The summed E-state index contributed by atoms with van der Waals surface area (Å²) in [6.45, 7) is 3.17. The molecule has 10 nitrogen and oxygen atoms in total. The predicted octanol–water partition coefficient (Wildman–Crippen LogP) is 0.731. The number of carbonyl (C=O) groups is 1. The molecule has 152 valence electrons. The fourth-order valence-corrected chi connectivity index (χ4v) is 2.64. The molecule has 2 heterocycles. The van der Waals surface area contributed by atoms with Crippen LogP contribution in [0.15, 0.2) is 35.1 Å². The molecule has 10 heteroatoms. The Bertz CT molecular complexity index is 1080. The molecule has 0 saturated carbocycles. The first-order chi connectivity index (χ1) is 13.8. The number of aromatic nitrogens is 4. The van der Waals surface area contributed by atoms with Crippen LogP contribution in [-0.4, -0.2) is 43.2 Å². The van der Waals surface area contributed by atoms with Gasteiger partial charge in [0, 0.05) is 6.42 Å². The molecule has 1 aromatic carbocycles. The van der Waals surface area contributed by atoms with E-state index in [0.717, 1.165) is 5.56 Å². The number of rotatable bonds is 7. The van der Waals surface area contributed by atoms with E-state index in [4.69, 9.17) is 15.2 Å². The molecule has 0 aliphatic heterocycles. The highest BCUT2D eigenvalue weighted by atomic mass is 16.5. The predicted molar refractivity (Wildman–Crippen MR) is 104 cm³/mol. The maximum Gasteiger partial charge on any atom is 0.338 e. The molecule has 3 aromatic rings. The largest absolute Gasteiger partial charge is 0.471 e. The number of nitrogens with one attached hydrogen (secondary N) is 1. The summed E-state index contributed by atoms with van der Waals surface area (Å²) in [5.41, 5.74) is 4.21. The fraction of sp³-hybridized carbons (Fsp3) is 0.316. The summed E-state index contributed by atoms with van der Waals surface area (Å²) in [5, 5.41) is 10.4. The third-order valence-electron chi connectivity index (χ3n) is 4.06. The summed E-state index contributed by atoms with van der Waals surface area (Å²) in [7, 11) is 0. The molecule has 0 radical (unpaired) electrons. The van der Waals surface area contributed by atoms with Crippen LogP contribution in [0.1, 0.15) is 25.1 Å². The number of hydrogen-bond acceptors (Lipinski definition) is 9. The summed E-state index contributed by atoms with van der Waals surface area (Å²) in [5.74, 6) is -0.871. The summed E-state index contributed by atoms with van der Waals surface area (Å²) in [4.78, 5) is 39.1. The Balaban J connectivity index is 1.97. The highest BCUT2D eigenvalue weighted by molar-refractivity contribution is 5.79. The molecule has 0 saturated heterocycles. The number of esters is 1. The number of aromatic amines is 1. The van der Waals surface area contributed by atoms with Crippen molar-refractivity contribution in [3.8, 4) is 5.88 Å². The quantitative estimate of drug-likeness (QED) is 0.488. The second-order valence-corrected chi connectivity index (χ2v) is 6.54. The third-order valence-corrected chi connectivity index (χ3v) is 4.06. The first-order valence-electron chi connectivity index (χ1n) is 8.93. The van der Waals surface area contributed by atoms with E-state index in [1.807, 2.05) is 30.3 Å². The van der Waals surface area contributed by atoms with E-state index in [0.29, 0.717) is 0 Å². The van der Waals surface area contributed by atoms with E-state index in [1.165, 1.54) is 6.92 Å². The molecule has 0 aliphatic carbocycles. The molecule has 3 rings (SSSR count). The summed E-state index contributed by atoms with van der Waals surface area (Å²) < 4.78 is 10.6. The van der Waals surface area contributed by atoms with E-state index in [1.54, 1.807) is 6.92 Å². The zero-order valence-corrected chi connectivity index (χ0v) is 16.0. The lowest BCUT2D eigenvalue weighted by molar-refractivity contribution is -0.163. The molecule has 0 amide bonds. The van der Waals surface area contributed by atoms with E-state index in [2.05, 4.69) is 19.9 Å². The number of carbonyl (C=O) groups excluding carboxylic acids is 1. The number of benzene rings is 1. The zero-order chi connectivity index (χ0) is 21.0. The molecule has 1 atom stereocenters. The molecule has 2 aromatic heterocycles. The number of hydrogen-bond donors (Lipinski definition) is 3. The molecule has 4 N–H and O–H groups in total. The lowest BCUT2D eigenvalue weighted by Crippen LogP contribution is -2.41. The van der Waals surface area contributed by atoms with Gasteiger partial charge in [0.2, 0.25) is 11.8 Å². The number of aliphatic hydroxyl groups is 1. The normalized spacial score (nSPS) is 13.1. The van der Waals surface area contributed by atoms with Gasteiger partial charge in [-0.3, -0.25) is 4.79 Å². The van der Waals surface area contributed by atoms with Gasteiger partial charge in [-0.15, -0.1) is 0 Å². The van der Waals surface area contributed by atoms with Crippen LogP contribution >= 0.6 is 0 Å². The monoisotopic (exact) mass is 399 g/mol. The van der Waals surface area contributed by atoms with Gasteiger partial charge < -0.3 is 25.3 Å². The number of anilines is 1. The van der Waals surface area contributed by atoms with Gasteiger partial charge in [-0.1, -0.05) is 30.3 Å². The van der Waals surface area contributed by atoms with Gasteiger partial charge in [0.25, 0.3) is 5.56 Å². The second kappa shape index (κ2) is 8.23. The number of nitrogen functional groups attached to an aromatic ring is 1. The molecule has 0 bridgehead atoms. The Labute approximate surface area is 165 Å². The van der Waals surface area contributed by atoms with Crippen LogP contribution in [0.5, 0.6) is 5.88 Å². The van der Waals surface area contributed by atoms with Crippen LogP contribution < -0.4 is 16.0 Å². The first-order valence-corrected chi connectivity index (χ1v) is 8.93. The molecule has 0 aliphatic rings. The Morgan fingerprint density at radius 2 is 1.97 bits per heavy atom. The fourth-order valence-electron chi connectivity index (χ4n) is 2.64. The highest BCUT2D eigenvalue weighted by Crippen LogP contribution is 2.21. The number of ether oxygens (including phenoxy) is 2.